The first-order chi connectivity index (χ1) is 7.02. The lowest BCUT2D eigenvalue weighted by Crippen LogP contribution is -2.38. The summed E-state index contributed by atoms with van der Waals surface area (Å²) in [6, 6.07) is 0. The number of carbonyl (C=O) groups excluding carboxylic acids is 1. The lowest BCUT2D eigenvalue weighted by Gasteiger charge is -2.24. The van der Waals surface area contributed by atoms with Crippen molar-refractivity contribution in [2.45, 2.75) is 31.4 Å². The van der Waals surface area contributed by atoms with Crippen molar-refractivity contribution in [2.24, 2.45) is 0 Å². The van der Waals surface area contributed by atoms with E-state index in [1.54, 1.807) is 6.92 Å². The van der Waals surface area contributed by atoms with Crippen molar-refractivity contribution in [1.82, 2.24) is 4.90 Å². The topological polar surface area (TPSA) is 38.8 Å². The molecule has 6 heteroatoms. The predicted molar refractivity (Wildman–Crippen MR) is 59.9 cm³/mol. The predicted octanol–water partition coefficient (Wildman–Crippen LogP) is 2.00. The molecule has 0 aliphatic rings. The minimum absolute atomic E-state index is 0.137. The summed E-state index contributed by atoms with van der Waals surface area (Å²) < 4.78 is 10.1. The van der Waals surface area contributed by atoms with Crippen LogP contribution >= 0.6 is 23.2 Å². The van der Waals surface area contributed by atoms with E-state index in [0.29, 0.717) is 6.54 Å². The SMILES string of the molecule is CCCN(COC(C)OC)C(=O)C(Cl)Cl. The molecular weight excluding hydrogens is 241 g/mol. The van der Waals surface area contributed by atoms with Gasteiger partial charge in [0.25, 0.3) is 5.91 Å². The molecule has 4 nitrogen and oxygen atoms in total. The average Bonchev–Trinajstić information content (AvgIpc) is 2.22. The molecule has 0 spiro atoms. The largest absolute Gasteiger partial charge is 0.356 e. The molecule has 15 heavy (non-hydrogen) atoms. The van der Waals surface area contributed by atoms with Crippen LogP contribution in [0.25, 0.3) is 0 Å². The van der Waals surface area contributed by atoms with Crippen LogP contribution in [0.1, 0.15) is 20.3 Å². The minimum atomic E-state index is -1.04. The number of methoxy groups -OCH3 is 1. The molecule has 0 fully saturated rings. The maximum atomic E-state index is 11.5. The molecule has 1 unspecified atom stereocenters. The molecule has 0 aliphatic carbocycles. The summed E-state index contributed by atoms with van der Waals surface area (Å²) in [7, 11) is 1.53. The second-order valence-corrected chi connectivity index (χ2v) is 4.10. The number of hydrogen-bond donors (Lipinski definition) is 0. The highest BCUT2D eigenvalue weighted by molar-refractivity contribution is 6.53. The molecule has 0 radical (unpaired) electrons. The van der Waals surface area contributed by atoms with E-state index in [9.17, 15) is 4.79 Å². The van der Waals surface area contributed by atoms with E-state index in [0.717, 1.165) is 6.42 Å². The average molecular weight is 258 g/mol. The van der Waals surface area contributed by atoms with Crippen molar-refractivity contribution in [3.05, 3.63) is 0 Å². The first-order valence-corrected chi connectivity index (χ1v) is 5.61. The van der Waals surface area contributed by atoms with Gasteiger partial charge in [0.05, 0.1) is 0 Å². The number of carbonyl (C=O) groups is 1. The van der Waals surface area contributed by atoms with Gasteiger partial charge in [-0.25, -0.2) is 0 Å². The van der Waals surface area contributed by atoms with E-state index < -0.39 is 4.84 Å². The summed E-state index contributed by atoms with van der Waals surface area (Å²) >= 11 is 11.0. The monoisotopic (exact) mass is 257 g/mol. The van der Waals surface area contributed by atoms with Crippen molar-refractivity contribution in [1.29, 1.82) is 0 Å². The second kappa shape index (κ2) is 8.16. The normalized spacial score (nSPS) is 12.9. The summed E-state index contributed by atoms with van der Waals surface area (Å²) in [6.07, 6.45) is 0.456. The van der Waals surface area contributed by atoms with Crippen LogP contribution in [-0.4, -0.2) is 42.3 Å². The highest BCUT2D eigenvalue weighted by Gasteiger charge is 2.20. The van der Waals surface area contributed by atoms with Crippen LogP contribution in [0.5, 0.6) is 0 Å². The molecule has 0 saturated heterocycles. The Bertz CT molecular complexity index is 190. The lowest BCUT2D eigenvalue weighted by molar-refractivity contribution is -0.157. The molecule has 1 amide bonds. The van der Waals surface area contributed by atoms with E-state index in [4.69, 9.17) is 32.7 Å². The highest BCUT2D eigenvalue weighted by Crippen LogP contribution is 2.08. The zero-order valence-corrected chi connectivity index (χ0v) is 10.7. The number of hydrogen-bond acceptors (Lipinski definition) is 3. The van der Waals surface area contributed by atoms with Gasteiger partial charge >= 0.3 is 0 Å². The molecule has 1 atom stereocenters. The van der Waals surface area contributed by atoms with Gasteiger partial charge in [0.1, 0.15) is 6.73 Å². The van der Waals surface area contributed by atoms with Gasteiger partial charge in [0.15, 0.2) is 11.1 Å². The zero-order chi connectivity index (χ0) is 11.8. The van der Waals surface area contributed by atoms with Crippen LogP contribution in [0.4, 0.5) is 0 Å². The van der Waals surface area contributed by atoms with E-state index in [1.807, 2.05) is 6.92 Å². The summed E-state index contributed by atoms with van der Waals surface area (Å²) in [5.41, 5.74) is 0. The number of nitrogens with zero attached hydrogens (tertiary/aromatic N) is 1. The van der Waals surface area contributed by atoms with Crippen LogP contribution in [0.2, 0.25) is 0 Å². The molecule has 0 saturated carbocycles. The summed E-state index contributed by atoms with van der Waals surface area (Å²) in [6.45, 7) is 4.40. The van der Waals surface area contributed by atoms with Gasteiger partial charge in [-0.2, -0.15) is 0 Å². The number of halogens is 2. The van der Waals surface area contributed by atoms with Gasteiger partial charge in [-0.3, -0.25) is 4.79 Å². The fraction of sp³-hybridized carbons (Fsp3) is 0.889. The van der Waals surface area contributed by atoms with Gasteiger partial charge in [-0.15, -0.1) is 0 Å². The highest BCUT2D eigenvalue weighted by atomic mass is 35.5. The molecule has 0 bridgehead atoms. The Labute approximate surface area is 100 Å². The lowest BCUT2D eigenvalue weighted by atomic mass is 10.4. The standard InChI is InChI=1S/C9H17Cl2NO3/c1-4-5-12(9(13)8(10)11)6-15-7(2)14-3/h7-8H,4-6H2,1-3H3. The van der Waals surface area contributed by atoms with Crippen molar-refractivity contribution in [3.8, 4) is 0 Å². The molecule has 0 aliphatic heterocycles. The number of amides is 1. The maximum absolute atomic E-state index is 11.5. The van der Waals surface area contributed by atoms with E-state index in [-0.39, 0.29) is 18.9 Å². The minimum Gasteiger partial charge on any atom is -0.356 e. The van der Waals surface area contributed by atoms with Crippen molar-refractivity contribution in [2.75, 3.05) is 20.4 Å². The summed E-state index contributed by atoms with van der Waals surface area (Å²) in [4.78, 5) is 11.9. The Morgan fingerprint density at radius 2 is 2.07 bits per heavy atom. The third-order valence-corrected chi connectivity index (χ3v) is 2.16. The maximum Gasteiger partial charge on any atom is 0.257 e. The van der Waals surface area contributed by atoms with Crippen LogP contribution in [0, 0.1) is 0 Å². The zero-order valence-electron chi connectivity index (χ0n) is 9.20. The van der Waals surface area contributed by atoms with Crippen molar-refractivity contribution < 1.29 is 14.3 Å². The number of alkyl halides is 2. The number of rotatable bonds is 7. The fourth-order valence-corrected chi connectivity index (χ4v) is 1.19. The van der Waals surface area contributed by atoms with E-state index in [1.165, 1.54) is 12.0 Å². The first kappa shape index (κ1) is 15.0. The Morgan fingerprint density at radius 3 is 2.47 bits per heavy atom. The van der Waals surface area contributed by atoms with Crippen LogP contribution in [0.3, 0.4) is 0 Å². The molecule has 0 rings (SSSR count). The Hall–Kier alpha value is -0.0300. The Kier molecular flexibility index (Phi) is 8.14. The van der Waals surface area contributed by atoms with Gasteiger partial charge in [-0.05, 0) is 13.3 Å². The van der Waals surface area contributed by atoms with Gasteiger partial charge in [0, 0.05) is 13.7 Å². The van der Waals surface area contributed by atoms with Crippen LogP contribution in [0.15, 0.2) is 0 Å². The number of ether oxygens (including phenoxy) is 2. The van der Waals surface area contributed by atoms with Gasteiger partial charge in [-0.1, -0.05) is 30.1 Å². The first-order valence-electron chi connectivity index (χ1n) is 4.74. The van der Waals surface area contributed by atoms with Gasteiger partial charge < -0.3 is 14.4 Å². The van der Waals surface area contributed by atoms with Crippen LogP contribution in [-0.2, 0) is 14.3 Å². The van der Waals surface area contributed by atoms with Gasteiger partial charge in [0.2, 0.25) is 0 Å². The Morgan fingerprint density at radius 1 is 1.47 bits per heavy atom. The molecule has 0 heterocycles. The second-order valence-electron chi connectivity index (χ2n) is 3.00. The van der Waals surface area contributed by atoms with Crippen LogP contribution < -0.4 is 0 Å². The molecule has 0 aromatic heterocycles. The molecule has 0 aromatic carbocycles. The molecule has 0 N–H and O–H groups in total. The quantitative estimate of drug-likeness (QED) is 0.518. The van der Waals surface area contributed by atoms with E-state index >= 15 is 0 Å². The summed E-state index contributed by atoms with van der Waals surface area (Å²) in [5.74, 6) is -0.344. The Balaban J connectivity index is 4.09. The molecule has 0 aromatic rings. The fourth-order valence-electron chi connectivity index (χ4n) is 0.909. The van der Waals surface area contributed by atoms with Crippen molar-refractivity contribution >= 4 is 29.1 Å². The molecular formula is C9H17Cl2NO3. The smallest absolute Gasteiger partial charge is 0.257 e. The molecule has 90 valence electrons. The van der Waals surface area contributed by atoms with Crippen molar-refractivity contribution in [3.63, 3.8) is 0 Å². The third kappa shape index (κ3) is 6.20. The third-order valence-electron chi connectivity index (χ3n) is 1.79. The summed E-state index contributed by atoms with van der Waals surface area (Å²) in [5, 5.41) is 0. The van der Waals surface area contributed by atoms with E-state index in [2.05, 4.69) is 0 Å².